The fraction of sp³-hybridized carbons (Fsp3) is 0.533. The molecule has 2 N–H and O–H groups in total. The van der Waals surface area contributed by atoms with Crippen molar-refractivity contribution in [3.05, 3.63) is 29.3 Å². The Kier molecular flexibility index (Phi) is 4.43. The minimum Gasteiger partial charge on any atom is -0.443 e. The summed E-state index contributed by atoms with van der Waals surface area (Å²) in [6, 6.07) is 5.36. The fourth-order valence-electron chi connectivity index (χ4n) is 2.49. The van der Waals surface area contributed by atoms with E-state index >= 15 is 0 Å². The van der Waals surface area contributed by atoms with E-state index in [0.29, 0.717) is 11.3 Å². The van der Waals surface area contributed by atoms with Crippen LogP contribution in [0.15, 0.2) is 18.2 Å². The van der Waals surface area contributed by atoms with Crippen molar-refractivity contribution in [2.45, 2.75) is 38.8 Å². The lowest BCUT2D eigenvalue weighted by Gasteiger charge is -2.31. The Bertz CT molecular complexity index is 459. The second-order valence-corrected chi connectivity index (χ2v) is 5.11. The Labute approximate surface area is 114 Å². The largest absolute Gasteiger partial charge is 0.443 e. The molecule has 1 atom stereocenters. The van der Waals surface area contributed by atoms with Crippen molar-refractivity contribution in [2.75, 3.05) is 19.3 Å². The number of nitrogens with two attached hydrogens (primary N) is 1. The Balaban J connectivity index is 2.11. The van der Waals surface area contributed by atoms with Gasteiger partial charge in [0, 0.05) is 12.2 Å². The van der Waals surface area contributed by atoms with Crippen LogP contribution in [-0.2, 0) is 11.2 Å². The normalized spacial score (nSPS) is 20.2. The molecule has 0 aromatic heterocycles. The summed E-state index contributed by atoms with van der Waals surface area (Å²) in [4.78, 5) is 14.4. The summed E-state index contributed by atoms with van der Waals surface area (Å²) in [5.41, 5.74) is 8.02. The number of likely N-dealkylation sites (tertiary alicyclic amines) is 1. The quantitative estimate of drug-likeness (QED) is 0.671. The number of benzene rings is 1. The van der Waals surface area contributed by atoms with Gasteiger partial charge < -0.3 is 10.5 Å². The number of aryl methyl sites for hydroxylation is 1. The van der Waals surface area contributed by atoms with E-state index in [-0.39, 0.29) is 12.2 Å². The number of nitrogen functional groups attached to an aromatic ring is 1. The first-order valence-corrected chi connectivity index (χ1v) is 6.91. The first-order chi connectivity index (χ1) is 9.11. The predicted octanol–water partition coefficient (Wildman–Crippen LogP) is 2.43. The van der Waals surface area contributed by atoms with E-state index in [1.807, 2.05) is 20.0 Å². The first-order valence-electron chi connectivity index (χ1n) is 6.91. The minimum absolute atomic E-state index is 0.0940. The summed E-state index contributed by atoms with van der Waals surface area (Å²) >= 11 is 0. The average molecular weight is 262 g/mol. The van der Waals surface area contributed by atoms with Crippen molar-refractivity contribution in [1.29, 1.82) is 0 Å². The van der Waals surface area contributed by atoms with Gasteiger partial charge in [-0.25, -0.2) is 4.79 Å². The standard InChI is InChI=1S/C15H22N2O2/c1-3-11-10-12(16)7-8-13(11)15(18)19-14-6-4-5-9-17(14)2/h7-8,10,14H,3-6,9,16H2,1-2H3. The molecule has 1 aromatic rings. The third-order valence-corrected chi connectivity index (χ3v) is 3.68. The molecule has 1 aromatic carbocycles. The minimum atomic E-state index is -0.240. The van der Waals surface area contributed by atoms with Crippen LogP contribution in [0, 0.1) is 0 Å². The number of hydrogen-bond acceptors (Lipinski definition) is 4. The summed E-state index contributed by atoms with van der Waals surface area (Å²) in [7, 11) is 2.00. The van der Waals surface area contributed by atoms with Crippen molar-refractivity contribution in [3.63, 3.8) is 0 Å². The molecular formula is C15H22N2O2. The first kappa shape index (κ1) is 13.9. The number of esters is 1. The summed E-state index contributed by atoms with van der Waals surface area (Å²) in [6.07, 6.45) is 3.88. The van der Waals surface area contributed by atoms with Gasteiger partial charge in [-0.05, 0) is 56.5 Å². The summed E-state index contributed by atoms with van der Waals surface area (Å²) in [5.74, 6) is -0.240. The predicted molar refractivity (Wildman–Crippen MR) is 75.9 cm³/mol. The zero-order chi connectivity index (χ0) is 13.8. The number of hydrogen-bond donors (Lipinski definition) is 1. The molecule has 1 aliphatic heterocycles. The Morgan fingerprint density at radius 2 is 2.26 bits per heavy atom. The number of carbonyl (C=O) groups excluding carboxylic acids is 1. The lowest BCUT2D eigenvalue weighted by atomic mass is 10.0. The Morgan fingerprint density at radius 3 is 2.95 bits per heavy atom. The van der Waals surface area contributed by atoms with Gasteiger partial charge in [0.25, 0.3) is 0 Å². The maximum atomic E-state index is 12.3. The SMILES string of the molecule is CCc1cc(N)ccc1C(=O)OC1CCCCN1C. The third-order valence-electron chi connectivity index (χ3n) is 3.68. The molecule has 0 spiro atoms. The van der Waals surface area contributed by atoms with Crippen molar-refractivity contribution in [2.24, 2.45) is 0 Å². The number of nitrogens with zero attached hydrogens (tertiary/aromatic N) is 1. The van der Waals surface area contributed by atoms with E-state index in [1.54, 1.807) is 12.1 Å². The Morgan fingerprint density at radius 1 is 1.47 bits per heavy atom. The van der Waals surface area contributed by atoms with E-state index in [0.717, 1.165) is 31.4 Å². The average Bonchev–Trinajstić information content (AvgIpc) is 2.41. The van der Waals surface area contributed by atoms with Gasteiger partial charge in [-0.3, -0.25) is 4.90 Å². The van der Waals surface area contributed by atoms with Crippen LogP contribution < -0.4 is 5.73 Å². The lowest BCUT2D eigenvalue weighted by molar-refractivity contribution is -0.0393. The molecular weight excluding hydrogens is 240 g/mol. The van der Waals surface area contributed by atoms with Crippen LogP contribution in [0.3, 0.4) is 0 Å². The highest BCUT2D eigenvalue weighted by molar-refractivity contribution is 5.91. The van der Waals surface area contributed by atoms with Crippen LogP contribution >= 0.6 is 0 Å². The van der Waals surface area contributed by atoms with E-state index in [2.05, 4.69) is 4.90 Å². The highest BCUT2D eigenvalue weighted by Gasteiger charge is 2.24. The third kappa shape index (κ3) is 3.26. The number of rotatable bonds is 3. The molecule has 104 valence electrons. The molecule has 0 saturated carbocycles. The monoisotopic (exact) mass is 262 g/mol. The molecule has 1 saturated heterocycles. The number of anilines is 1. The van der Waals surface area contributed by atoms with Gasteiger partial charge in [0.1, 0.15) is 0 Å². The van der Waals surface area contributed by atoms with Crippen molar-refractivity contribution in [3.8, 4) is 0 Å². The van der Waals surface area contributed by atoms with Gasteiger partial charge in [-0.2, -0.15) is 0 Å². The fourth-order valence-corrected chi connectivity index (χ4v) is 2.49. The maximum absolute atomic E-state index is 12.3. The second-order valence-electron chi connectivity index (χ2n) is 5.11. The molecule has 1 heterocycles. The molecule has 19 heavy (non-hydrogen) atoms. The Hall–Kier alpha value is -1.55. The van der Waals surface area contributed by atoms with Gasteiger partial charge in [0.2, 0.25) is 0 Å². The maximum Gasteiger partial charge on any atom is 0.339 e. The van der Waals surface area contributed by atoms with Crippen molar-refractivity contribution >= 4 is 11.7 Å². The van der Waals surface area contributed by atoms with Crippen LogP contribution in [-0.4, -0.2) is 30.7 Å². The lowest BCUT2D eigenvalue weighted by Crippen LogP contribution is -2.39. The van der Waals surface area contributed by atoms with Gasteiger partial charge in [0.15, 0.2) is 6.23 Å². The second kappa shape index (κ2) is 6.06. The zero-order valence-corrected chi connectivity index (χ0v) is 11.7. The molecule has 1 unspecified atom stereocenters. The van der Waals surface area contributed by atoms with Gasteiger partial charge in [-0.15, -0.1) is 0 Å². The van der Waals surface area contributed by atoms with Gasteiger partial charge in [0.05, 0.1) is 5.56 Å². The molecule has 1 fully saturated rings. The number of ether oxygens (including phenoxy) is 1. The summed E-state index contributed by atoms with van der Waals surface area (Å²) < 4.78 is 5.62. The van der Waals surface area contributed by atoms with Crippen LogP contribution in [0.1, 0.15) is 42.1 Å². The molecule has 1 aliphatic rings. The van der Waals surface area contributed by atoms with Crippen molar-refractivity contribution in [1.82, 2.24) is 4.90 Å². The molecule has 4 nitrogen and oxygen atoms in total. The van der Waals surface area contributed by atoms with E-state index in [4.69, 9.17) is 10.5 Å². The molecule has 0 amide bonds. The topological polar surface area (TPSA) is 55.6 Å². The smallest absolute Gasteiger partial charge is 0.339 e. The molecule has 0 bridgehead atoms. The summed E-state index contributed by atoms with van der Waals surface area (Å²) in [5, 5.41) is 0. The highest BCUT2D eigenvalue weighted by atomic mass is 16.6. The van der Waals surface area contributed by atoms with E-state index < -0.39 is 0 Å². The number of carbonyl (C=O) groups is 1. The van der Waals surface area contributed by atoms with Gasteiger partial charge in [-0.1, -0.05) is 6.92 Å². The van der Waals surface area contributed by atoms with Gasteiger partial charge >= 0.3 is 5.97 Å². The molecule has 2 rings (SSSR count). The van der Waals surface area contributed by atoms with Crippen molar-refractivity contribution < 1.29 is 9.53 Å². The zero-order valence-electron chi connectivity index (χ0n) is 11.7. The number of piperidine rings is 1. The summed E-state index contributed by atoms with van der Waals surface area (Å²) in [6.45, 7) is 3.00. The van der Waals surface area contributed by atoms with E-state index in [9.17, 15) is 4.79 Å². The van der Waals surface area contributed by atoms with E-state index in [1.165, 1.54) is 6.42 Å². The molecule has 4 heteroatoms. The van der Waals surface area contributed by atoms with Crippen LogP contribution in [0.2, 0.25) is 0 Å². The molecule has 0 aliphatic carbocycles. The highest BCUT2D eigenvalue weighted by Crippen LogP contribution is 2.20. The van der Waals surface area contributed by atoms with Crippen LogP contribution in [0.4, 0.5) is 5.69 Å². The van der Waals surface area contributed by atoms with Crippen LogP contribution in [0.25, 0.3) is 0 Å². The van der Waals surface area contributed by atoms with Crippen LogP contribution in [0.5, 0.6) is 0 Å². The molecule has 0 radical (unpaired) electrons.